The highest BCUT2D eigenvalue weighted by atomic mass is 79.9. The molecule has 2 aromatic rings. The molecule has 0 aliphatic rings. The molecule has 23 heavy (non-hydrogen) atoms. The van der Waals surface area contributed by atoms with Crippen LogP contribution >= 0.6 is 15.9 Å². The molecule has 0 amide bonds. The normalized spacial score (nSPS) is 10.3. The minimum absolute atomic E-state index is 0.258. The molecule has 0 unspecified atom stereocenters. The molecule has 0 N–H and O–H groups in total. The van der Waals surface area contributed by atoms with E-state index in [0.29, 0.717) is 22.4 Å². The summed E-state index contributed by atoms with van der Waals surface area (Å²) >= 11 is 3.30. The average molecular weight is 372 g/mol. The Morgan fingerprint density at radius 2 is 2.04 bits per heavy atom. The molecule has 4 nitrogen and oxygen atoms in total. The van der Waals surface area contributed by atoms with Gasteiger partial charge in [-0.15, -0.1) is 0 Å². The largest absolute Gasteiger partial charge is 0.490 e. The van der Waals surface area contributed by atoms with Crippen LogP contribution in [0.5, 0.6) is 11.5 Å². The molecule has 0 fully saturated rings. The van der Waals surface area contributed by atoms with Gasteiger partial charge in [-0.25, -0.2) is 4.79 Å². The maximum atomic E-state index is 12.0. The average Bonchev–Trinajstić information content (AvgIpc) is 2.57. The van der Waals surface area contributed by atoms with Crippen LogP contribution in [0.25, 0.3) is 6.08 Å². The monoisotopic (exact) mass is 371 g/mol. The quantitative estimate of drug-likeness (QED) is 0.445. The van der Waals surface area contributed by atoms with E-state index in [-0.39, 0.29) is 5.75 Å². The number of nitrogens with zero attached hydrogens (tertiary/aromatic N) is 1. The van der Waals surface area contributed by atoms with E-state index in [9.17, 15) is 4.79 Å². The third-order valence-electron chi connectivity index (χ3n) is 2.85. The molecule has 0 saturated heterocycles. The summed E-state index contributed by atoms with van der Waals surface area (Å²) in [5, 5.41) is 8.99. The molecule has 5 heteroatoms. The van der Waals surface area contributed by atoms with Gasteiger partial charge in [0.1, 0.15) is 0 Å². The van der Waals surface area contributed by atoms with Crippen molar-refractivity contribution in [3.8, 4) is 17.6 Å². The third-order valence-corrected chi connectivity index (χ3v) is 3.44. The Bertz CT molecular complexity index is 764. The molecule has 2 rings (SSSR count). The molecule has 0 bridgehead atoms. The predicted molar refractivity (Wildman–Crippen MR) is 91.1 cm³/mol. The fourth-order valence-electron chi connectivity index (χ4n) is 1.86. The number of nitriles is 1. The number of hydrogen-bond acceptors (Lipinski definition) is 4. The second kappa shape index (κ2) is 8.16. The zero-order valence-corrected chi connectivity index (χ0v) is 14.0. The number of hydrogen-bond donors (Lipinski definition) is 0. The van der Waals surface area contributed by atoms with Gasteiger partial charge in [-0.2, -0.15) is 5.26 Å². The van der Waals surface area contributed by atoms with Crippen LogP contribution in [-0.4, -0.2) is 12.6 Å². The number of carbonyl (C=O) groups is 1. The molecular formula is C18H14BrNO3. The Hall–Kier alpha value is -2.58. The Labute approximate surface area is 143 Å². The van der Waals surface area contributed by atoms with E-state index in [2.05, 4.69) is 15.9 Å². The fraction of sp³-hybridized carbons (Fsp3) is 0.111. The Morgan fingerprint density at radius 1 is 1.30 bits per heavy atom. The van der Waals surface area contributed by atoms with Crippen molar-refractivity contribution in [3.63, 3.8) is 0 Å². The summed E-state index contributed by atoms with van der Waals surface area (Å²) in [7, 11) is 0. The maximum Gasteiger partial charge on any atom is 0.336 e. The maximum absolute atomic E-state index is 12.0. The zero-order valence-electron chi connectivity index (χ0n) is 12.5. The highest BCUT2D eigenvalue weighted by molar-refractivity contribution is 9.10. The van der Waals surface area contributed by atoms with Crippen LogP contribution in [0, 0.1) is 11.3 Å². The second-order valence-corrected chi connectivity index (χ2v) is 5.35. The summed E-state index contributed by atoms with van der Waals surface area (Å²) in [6, 6.07) is 14.6. The first-order valence-corrected chi connectivity index (χ1v) is 7.74. The summed E-state index contributed by atoms with van der Waals surface area (Å²) in [4.78, 5) is 12.0. The highest BCUT2D eigenvalue weighted by Crippen LogP contribution is 2.37. The van der Waals surface area contributed by atoms with Crippen LogP contribution < -0.4 is 9.47 Å². The molecule has 0 saturated carbocycles. The summed E-state index contributed by atoms with van der Waals surface area (Å²) in [6.45, 7) is 2.21. The standard InChI is InChI=1S/C18H14BrNO3/c1-2-22-16-11-14(12-20)10-15(19)18(16)23-17(21)9-8-13-6-4-3-5-7-13/h3-11H,2H2,1H3/b9-8+. The van der Waals surface area contributed by atoms with Gasteiger partial charge >= 0.3 is 5.97 Å². The molecule has 0 radical (unpaired) electrons. The van der Waals surface area contributed by atoms with Crippen molar-refractivity contribution in [2.24, 2.45) is 0 Å². The number of halogens is 1. The van der Waals surface area contributed by atoms with Gasteiger partial charge in [-0.3, -0.25) is 0 Å². The number of ether oxygens (including phenoxy) is 2. The molecule has 0 aliphatic carbocycles. The van der Waals surface area contributed by atoms with Crippen LogP contribution in [0.4, 0.5) is 0 Å². The van der Waals surface area contributed by atoms with Gasteiger partial charge in [0.2, 0.25) is 0 Å². The fourth-order valence-corrected chi connectivity index (χ4v) is 2.38. The lowest BCUT2D eigenvalue weighted by Crippen LogP contribution is -2.06. The van der Waals surface area contributed by atoms with Crippen LogP contribution in [0.3, 0.4) is 0 Å². The van der Waals surface area contributed by atoms with E-state index in [1.54, 1.807) is 12.1 Å². The molecule has 0 aromatic heterocycles. The van der Waals surface area contributed by atoms with E-state index >= 15 is 0 Å². The first kappa shape index (κ1) is 16.8. The van der Waals surface area contributed by atoms with E-state index in [4.69, 9.17) is 14.7 Å². The molecule has 116 valence electrons. The Morgan fingerprint density at radius 3 is 2.70 bits per heavy atom. The van der Waals surface area contributed by atoms with Crippen molar-refractivity contribution >= 4 is 28.0 Å². The number of benzene rings is 2. The summed E-state index contributed by atoms with van der Waals surface area (Å²) in [5.41, 5.74) is 1.31. The molecule has 2 aromatic carbocycles. The molecule has 0 spiro atoms. The summed E-state index contributed by atoms with van der Waals surface area (Å²) in [6.07, 6.45) is 3.01. The lowest BCUT2D eigenvalue weighted by atomic mass is 10.2. The van der Waals surface area contributed by atoms with E-state index in [0.717, 1.165) is 5.56 Å². The van der Waals surface area contributed by atoms with Crippen LogP contribution in [0.2, 0.25) is 0 Å². The van der Waals surface area contributed by atoms with E-state index in [1.807, 2.05) is 43.3 Å². The minimum atomic E-state index is -0.528. The van der Waals surface area contributed by atoms with Crippen molar-refractivity contribution in [1.82, 2.24) is 0 Å². The number of rotatable bonds is 5. The van der Waals surface area contributed by atoms with Gasteiger partial charge in [0.25, 0.3) is 0 Å². The van der Waals surface area contributed by atoms with Crippen LogP contribution in [0.1, 0.15) is 18.1 Å². The first-order valence-electron chi connectivity index (χ1n) is 6.95. The zero-order chi connectivity index (χ0) is 16.7. The summed E-state index contributed by atoms with van der Waals surface area (Å²) < 4.78 is 11.3. The molecular weight excluding hydrogens is 358 g/mol. The first-order chi connectivity index (χ1) is 11.1. The van der Waals surface area contributed by atoms with Gasteiger partial charge in [-0.1, -0.05) is 30.3 Å². The molecule has 0 heterocycles. The van der Waals surface area contributed by atoms with Crippen LogP contribution in [0.15, 0.2) is 53.0 Å². The third kappa shape index (κ3) is 4.70. The Balaban J connectivity index is 2.20. The summed E-state index contributed by atoms with van der Waals surface area (Å²) in [5.74, 6) is 0.0775. The van der Waals surface area contributed by atoms with Gasteiger partial charge in [0.15, 0.2) is 11.5 Å². The van der Waals surface area contributed by atoms with Crippen molar-refractivity contribution < 1.29 is 14.3 Å². The lowest BCUT2D eigenvalue weighted by Gasteiger charge is -2.11. The van der Waals surface area contributed by atoms with Gasteiger partial charge in [0, 0.05) is 12.1 Å². The lowest BCUT2D eigenvalue weighted by molar-refractivity contribution is -0.129. The molecule has 0 atom stereocenters. The number of carbonyl (C=O) groups excluding carboxylic acids is 1. The van der Waals surface area contributed by atoms with E-state index < -0.39 is 5.97 Å². The minimum Gasteiger partial charge on any atom is -0.490 e. The van der Waals surface area contributed by atoms with E-state index in [1.165, 1.54) is 12.1 Å². The number of esters is 1. The molecule has 0 aliphatic heterocycles. The SMILES string of the molecule is CCOc1cc(C#N)cc(Br)c1OC(=O)/C=C/c1ccccc1. The van der Waals surface area contributed by atoms with Crippen molar-refractivity contribution in [1.29, 1.82) is 5.26 Å². The van der Waals surface area contributed by atoms with Gasteiger partial charge in [-0.05, 0) is 40.6 Å². The van der Waals surface area contributed by atoms with Crippen molar-refractivity contribution in [3.05, 3.63) is 64.1 Å². The van der Waals surface area contributed by atoms with Crippen LogP contribution in [-0.2, 0) is 4.79 Å². The second-order valence-electron chi connectivity index (χ2n) is 4.50. The predicted octanol–water partition coefficient (Wildman–Crippen LogP) is 4.34. The Kier molecular flexibility index (Phi) is 5.95. The van der Waals surface area contributed by atoms with Gasteiger partial charge in [0.05, 0.1) is 22.7 Å². The van der Waals surface area contributed by atoms with Crippen molar-refractivity contribution in [2.75, 3.05) is 6.61 Å². The highest BCUT2D eigenvalue weighted by Gasteiger charge is 2.14. The van der Waals surface area contributed by atoms with Crippen molar-refractivity contribution in [2.45, 2.75) is 6.92 Å². The smallest absolute Gasteiger partial charge is 0.336 e. The topological polar surface area (TPSA) is 59.3 Å². The van der Waals surface area contributed by atoms with Gasteiger partial charge < -0.3 is 9.47 Å².